The van der Waals surface area contributed by atoms with Gasteiger partial charge in [-0.3, -0.25) is 4.79 Å². The van der Waals surface area contributed by atoms with E-state index in [9.17, 15) is 4.79 Å². The van der Waals surface area contributed by atoms with Crippen LogP contribution in [0.15, 0.2) is 60.8 Å². The minimum Gasteiger partial charge on any atom is -0.361 e. The van der Waals surface area contributed by atoms with Gasteiger partial charge >= 0.3 is 0 Å². The molecule has 176 valence electrons. The van der Waals surface area contributed by atoms with Crippen molar-refractivity contribution in [2.24, 2.45) is 5.92 Å². The monoisotopic (exact) mass is 445 g/mol. The number of hydrogen-bond donors (Lipinski definition) is 3. The van der Waals surface area contributed by atoms with Gasteiger partial charge in [0.25, 0.3) is 0 Å². The average Bonchev–Trinajstić information content (AvgIpc) is 3.27. The van der Waals surface area contributed by atoms with E-state index >= 15 is 0 Å². The summed E-state index contributed by atoms with van der Waals surface area (Å²) in [4.78, 5) is 16.5. The van der Waals surface area contributed by atoms with Crippen LogP contribution in [0.5, 0.6) is 0 Å². The first kappa shape index (κ1) is 23.6. The Morgan fingerprint density at radius 3 is 2.73 bits per heavy atom. The number of H-pyrrole nitrogens is 1. The van der Waals surface area contributed by atoms with Gasteiger partial charge < -0.3 is 15.6 Å². The number of rotatable bonds is 11. The lowest BCUT2D eigenvalue weighted by Gasteiger charge is -2.29. The van der Waals surface area contributed by atoms with Crippen molar-refractivity contribution in [2.75, 3.05) is 13.1 Å². The smallest absolute Gasteiger partial charge is 0.237 e. The summed E-state index contributed by atoms with van der Waals surface area (Å²) in [6, 6.07) is 19.1. The first-order valence-electron chi connectivity index (χ1n) is 12.9. The summed E-state index contributed by atoms with van der Waals surface area (Å²) in [5.41, 5.74) is 3.81. The van der Waals surface area contributed by atoms with Crippen LogP contribution in [0.4, 0.5) is 0 Å². The Kier molecular flexibility index (Phi) is 8.59. The second-order valence-corrected chi connectivity index (χ2v) is 9.64. The molecule has 1 aromatic heterocycles. The van der Waals surface area contributed by atoms with Crippen LogP contribution in [0.3, 0.4) is 0 Å². The average molecular weight is 446 g/mol. The molecule has 0 saturated heterocycles. The molecule has 1 heterocycles. The molecule has 2 aromatic carbocycles. The van der Waals surface area contributed by atoms with Crippen molar-refractivity contribution in [1.82, 2.24) is 15.6 Å². The summed E-state index contributed by atoms with van der Waals surface area (Å²) >= 11 is 0. The summed E-state index contributed by atoms with van der Waals surface area (Å²) in [5.74, 6) is 1.50. The van der Waals surface area contributed by atoms with Crippen molar-refractivity contribution in [3.05, 3.63) is 71.9 Å². The van der Waals surface area contributed by atoms with Gasteiger partial charge in [0, 0.05) is 23.6 Å². The molecule has 1 aliphatic rings. The third kappa shape index (κ3) is 6.48. The Morgan fingerprint density at radius 1 is 1.06 bits per heavy atom. The first-order valence-corrected chi connectivity index (χ1v) is 12.9. The molecule has 3 aromatic rings. The fourth-order valence-electron chi connectivity index (χ4n) is 5.33. The van der Waals surface area contributed by atoms with Crippen molar-refractivity contribution in [3.63, 3.8) is 0 Å². The summed E-state index contributed by atoms with van der Waals surface area (Å²) in [5, 5.41) is 7.98. The van der Waals surface area contributed by atoms with E-state index in [0.717, 1.165) is 37.9 Å². The number of aromatic nitrogens is 1. The second-order valence-electron chi connectivity index (χ2n) is 9.64. The highest BCUT2D eigenvalue weighted by Gasteiger charge is 2.24. The van der Waals surface area contributed by atoms with Gasteiger partial charge in [-0.15, -0.1) is 0 Å². The number of para-hydroxylation sites is 1. The minimum atomic E-state index is -0.195. The van der Waals surface area contributed by atoms with Crippen LogP contribution < -0.4 is 10.6 Å². The number of amides is 1. The van der Waals surface area contributed by atoms with Crippen LogP contribution in [0, 0.1) is 5.92 Å². The van der Waals surface area contributed by atoms with Crippen molar-refractivity contribution in [2.45, 2.75) is 70.3 Å². The van der Waals surface area contributed by atoms with Crippen molar-refractivity contribution >= 4 is 16.8 Å². The number of benzene rings is 2. The quantitative estimate of drug-likeness (QED) is 0.320. The number of carbonyl (C=O) groups excluding carboxylic acids is 1. The first-order chi connectivity index (χ1) is 16.2. The van der Waals surface area contributed by atoms with Crippen LogP contribution in [-0.4, -0.2) is 30.0 Å². The van der Waals surface area contributed by atoms with Gasteiger partial charge in [-0.05, 0) is 67.7 Å². The SMILES string of the molecule is CCCCN[C@@H](Cc1c[nH]c2ccccc12)C(=O)NCCC1CCCC(c2ccccc2)C1. The highest BCUT2D eigenvalue weighted by Crippen LogP contribution is 2.37. The molecule has 2 unspecified atom stereocenters. The van der Waals surface area contributed by atoms with Gasteiger partial charge in [0.05, 0.1) is 6.04 Å². The van der Waals surface area contributed by atoms with Crippen LogP contribution in [0.1, 0.15) is 68.9 Å². The van der Waals surface area contributed by atoms with Gasteiger partial charge in [0.2, 0.25) is 5.91 Å². The number of nitrogens with one attached hydrogen (secondary N) is 3. The largest absolute Gasteiger partial charge is 0.361 e. The lowest BCUT2D eigenvalue weighted by Crippen LogP contribution is -2.46. The highest BCUT2D eigenvalue weighted by molar-refractivity contribution is 5.86. The number of unbranched alkanes of at least 4 members (excludes halogenated alkanes) is 1. The molecule has 1 saturated carbocycles. The molecule has 4 heteroatoms. The molecule has 3 atom stereocenters. The van der Waals surface area contributed by atoms with Gasteiger partial charge in [0.1, 0.15) is 0 Å². The Balaban J connectivity index is 1.31. The van der Waals surface area contributed by atoms with Gasteiger partial charge in [-0.2, -0.15) is 0 Å². The predicted octanol–water partition coefficient (Wildman–Crippen LogP) is 5.95. The van der Waals surface area contributed by atoms with E-state index in [1.807, 2.05) is 6.07 Å². The molecular weight excluding hydrogens is 406 g/mol. The van der Waals surface area contributed by atoms with Crippen LogP contribution in [-0.2, 0) is 11.2 Å². The standard InChI is InChI=1S/C29H39N3O/c1-2-3-17-30-28(20-25-21-32-27-15-8-7-14-26(25)27)29(33)31-18-16-22-10-9-13-24(19-22)23-11-5-4-6-12-23/h4-8,11-12,14-15,21-22,24,28,30,32H,2-3,9-10,13,16-20H2,1H3,(H,31,33)/t22?,24?,28-/m0/s1. The Morgan fingerprint density at radius 2 is 1.88 bits per heavy atom. The van der Waals surface area contributed by atoms with Gasteiger partial charge in [-0.1, -0.05) is 74.7 Å². The van der Waals surface area contributed by atoms with Gasteiger partial charge in [0.15, 0.2) is 0 Å². The number of carbonyl (C=O) groups is 1. The van der Waals surface area contributed by atoms with E-state index < -0.39 is 0 Å². The lowest BCUT2D eigenvalue weighted by atomic mass is 9.77. The second kappa shape index (κ2) is 12.0. The topological polar surface area (TPSA) is 56.9 Å². The molecule has 1 amide bonds. The minimum absolute atomic E-state index is 0.131. The van der Waals surface area contributed by atoms with Gasteiger partial charge in [-0.25, -0.2) is 0 Å². The predicted molar refractivity (Wildman–Crippen MR) is 137 cm³/mol. The van der Waals surface area contributed by atoms with Crippen molar-refractivity contribution in [1.29, 1.82) is 0 Å². The number of fused-ring (bicyclic) bond motifs is 1. The van der Waals surface area contributed by atoms with E-state index in [1.54, 1.807) is 0 Å². The van der Waals surface area contributed by atoms with E-state index in [1.165, 1.54) is 42.2 Å². The van der Waals surface area contributed by atoms with Crippen LogP contribution >= 0.6 is 0 Å². The summed E-state index contributed by atoms with van der Waals surface area (Å²) in [7, 11) is 0. The van der Waals surface area contributed by atoms with Crippen molar-refractivity contribution < 1.29 is 4.79 Å². The molecule has 1 aliphatic carbocycles. The summed E-state index contributed by atoms with van der Waals surface area (Å²) in [6.45, 7) is 3.83. The fourth-order valence-corrected chi connectivity index (χ4v) is 5.33. The zero-order valence-electron chi connectivity index (χ0n) is 20.0. The molecule has 0 bridgehead atoms. The van der Waals surface area contributed by atoms with E-state index in [2.05, 4.69) is 77.3 Å². The molecular formula is C29H39N3O. The van der Waals surface area contributed by atoms with Crippen LogP contribution in [0.25, 0.3) is 10.9 Å². The normalized spacial score (nSPS) is 19.4. The Bertz CT molecular complexity index is 996. The molecule has 0 spiro atoms. The summed E-state index contributed by atoms with van der Waals surface area (Å²) in [6.07, 6.45) is 11.2. The van der Waals surface area contributed by atoms with E-state index in [-0.39, 0.29) is 11.9 Å². The maximum Gasteiger partial charge on any atom is 0.237 e. The number of aromatic amines is 1. The maximum atomic E-state index is 13.1. The molecule has 3 N–H and O–H groups in total. The molecule has 4 nitrogen and oxygen atoms in total. The Hall–Kier alpha value is -2.59. The molecule has 33 heavy (non-hydrogen) atoms. The Labute approximate surface area is 198 Å². The van der Waals surface area contributed by atoms with E-state index in [0.29, 0.717) is 18.3 Å². The third-order valence-electron chi connectivity index (χ3n) is 7.24. The van der Waals surface area contributed by atoms with E-state index in [4.69, 9.17) is 0 Å². The molecule has 4 rings (SSSR count). The zero-order valence-corrected chi connectivity index (χ0v) is 20.0. The zero-order chi connectivity index (χ0) is 22.9. The number of hydrogen-bond acceptors (Lipinski definition) is 2. The maximum absolute atomic E-state index is 13.1. The lowest BCUT2D eigenvalue weighted by molar-refractivity contribution is -0.123. The molecule has 0 aliphatic heterocycles. The molecule has 1 fully saturated rings. The third-order valence-corrected chi connectivity index (χ3v) is 7.24. The van der Waals surface area contributed by atoms with Crippen LogP contribution in [0.2, 0.25) is 0 Å². The fraction of sp³-hybridized carbons (Fsp3) is 0.483. The molecule has 0 radical (unpaired) electrons. The van der Waals surface area contributed by atoms with Crippen molar-refractivity contribution in [3.8, 4) is 0 Å². The highest BCUT2D eigenvalue weighted by atomic mass is 16.2. The summed E-state index contributed by atoms with van der Waals surface area (Å²) < 4.78 is 0.